The van der Waals surface area contributed by atoms with E-state index in [0.717, 1.165) is 0 Å². The zero-order valence-corrected chi connectivity index (χ0v) is 7.60. The van der Waals surface area contributed by atoms with E-state index in [4.69, 9.17) is 9.84 Å². The van der Waals surface area contributed by atoms with Crippen LogP contribution >= 0.6 is 0 Å². The lowest BCUT2D eigenvalue weighted by molar-refractivity contribution is -0.129. The highest BCUT2D eigenvalue weighted by atomic mass is 16.5. The minimum absolute atomic E-state index is 0.0619. The molecule has 0 aliphatic rings. The van der Waals surface area contributed by atoms with Crippen LogP contribution in [0.5, 0.6) is 17.2 Å². The van der Waals surface area contributed by atoms with E-state index in [1.54, 1.807) is 6.92 Å². The molecule has 1 aromatic carbocycles. The van der Waals surface area contributed by atoms with E-state index < -0.39 is 11.7 Å². The maximum Gasteiger partial charge on any atom is 0.335 e. The summed E-state index contributed by atoms with van der Waals surface area (Å²) >= 11 is 0. The molecule has 0 bridgehead atoms. The third-order valence-corrected chi connectivity index (χ3v) is 1.49. The Balaban J connectivity index is 2.87. The van der Waals surface area contributed by atoms with E-state index in [1.165, 1.54) is 30.4 Å². The highest BCUT2D eigenvalue weighted by Gasteiger charge is 2.09. The van der Waals surface area contributed by atoms with Gasteiger partial charge in [-0.25, -0.2) is 4.79 Å². The van der Waals surface area contributed by atoms with Crippen molar-refractivity contribution in [3.05, 3.63) is 30.4 Å². The van der Waals surface area contributed by atoms with E-state index in [9.17, 15) is 9.90 Å². The van der Waals surface area contributed by atoms with Crippen LogP contribution in [0, 0.1) is 0 Å². The molecule has 0 unspecified atom stereocenters. The molecular formula is C10H10O4. The quantitative estimate of drug-likeness (QED) is 0.324. The number of rotatable bonds is 2. The van der Waals surface area contributed by atoms with E-state index in [-0.39, 0.29) is 11.5 Å². The highest BCUT2D eigenvalue weighted by molar-refractivity contribution is 5.84. The topological polar surface area (TPSA) is 66.8 Å². The first kappa shape index (κ1) is 10.1. The molecule has 74 valence electrons. The third kappa shape index (κ3) is 2.26. The number of hydrogen-bond donors (Lipinski definition) is 2. The second-order valence-corrected chi connectivity index (χ2v) is 2.54. The minimum atomic E-state index is -0.603. The molecule has 0 heterocycles. The second kappa shape index (κ2) is 4.32. The summed E-state index contributed by atoms with van der Waals surface area (Å²) in [5, 5.41) is 18.3. The average Bonchev–Trinajstić information content (AvgIpc) is 2.13. The van der Waals surface area contributed by atoms with Crippen molar-refractivity contribution in [3.8, 4) is 17.2 Å². The molecule has 4 heteroatoms. The van der Waals surface area contributed by atoms with Crippen LogP contribution < -0.4 is 4.74 Å². The van der Waals surface area contributed by atoms with Crippen LogP contribution in [0.15, 0.2) is 30.4 Å². The fraction of sp³-hybridized carbons (Fsp3) is 0.100. The number of carbonyl (C=O) groups excluding carboxylic acids is 1. The van der Waals surface area contributed by atoms with Gasteiger partial charge < -0.3 is 14.9 Å². The largest absolute Gasteiger partial charge is 0.504 e. The maximum atomic E-state index is 11.0. The van der Waals surface area contributed by atoms with Crippen molar-refractivity contribution in [2.45, 2.75) is 6.92 Å². The minimum Gasteiger partial charge on any atom is -0.504 e. The van der Waals surface area contributed by atoms with Gasteiger partial charge in [-0.1, -0.05) is 12.1 Å². The fourth-order valence-corrected chi connectivity index (χ4v) is 0.872. The Labute approximate surface area is 81.1 Å². The Hall–Kier alpha value is -1.97. The smallest absolute Gasteiger partial charge is 0.335 e. The summed E-state index contributed by atoms with van der Waals surface area (Å²) in [6.07, 6.45) is 2.73. The van der Waals surface area contributed by atoms with Gasteiger partial charge in [-0.3, -0.25) is 0 Å². The lowest BCUT2D eigenvalue weighted by atomic mass is 10.3. The zero-order chi connectivity index (χ0) is 10.6. The lowest BCUT2D eigenvalue weighted by Gasteiger charge is -2.04. The van der Waals surface area contributed by atoms with Gasteiger partial charge in [0.1, 0.15) is 0 Å². The summed E-state index contributed by atoms with van der Waals surface area (Å²) in [5.74, 6) is -1.43. The fourth-order valence-electron chi connectivity index (χ4n) is 0.872. The number of carbonyl (C=O) groups is 1. The molecule has 2 N–H and O–H groups in total. The van der Waals surface area contributed by atoms with E-state index in [0.29, 0.717) is 0 Å². The highest BCUT2D eigenvalue weighted by Crippen LogP contribution is 2.34. The van der Waals surface area contributed by atoms with Gasteiger partial charge in [0.2, 0.25) is 5.75 Å². The summed E-state index contributed by atoms with van der Waals surface area (Å²) in [4.78, 5) is 11.0. The maximum absolute atomic E-state index is 11.0. The molecular weight excluding hydrogens is 184 g/mol. The average molecular weight is 194 g/mol. The number of phenols is 2. The summed E-state index contributed by atoms with van der Waals surface area (Å²) in [6, 6.07) is 4.14. The van der Waals surface area contributed by atoms with Gasteiger partial charge >= 0.3 is 5.97 Å². The van der Waals surface area contributed by atoms with Crippen molar-refractivity contribution in [2.75, 3.05) is 0 Å². The van der Waals surface area contributed by atoms with Gasteiger partial charge in [0.25, 0.3) is 0 Å². The SMILES string of the molecule is CC=CC(=O)Oc1cccc(O)c1O. The number of allylic oxidation sites excluding steroid dienone is 1. The Kier molecular flexibility index (Phi) is 3.12. The Bertz CT molecular complexity index is 368. The molecule has 14 heavy (non-hydrogen) atoms. The summed E-state index contributed by atoms with van der Waals surface area (Å²) in [5.41, 5.74) is 0. The predicted molar refractivity (Wildman–Crippen MR) is 50.2 cm³/mol. The normalized spacial score (nSPS) is 10.4. The molecule has 0 aliphatic carbocycles. The third-order valence-electron chi connectivity index (χ3n) is 1.49. The van der Waals surface area contributed by atoms with Crippen LogP contribution in [0.1, 0.15) is 6.92 Å². The molecule has 0 aromatic heterocycles. The van der Waals surface area contributed by atoms with E-state index in [2.05, 4.69) is 0 Å². The number of para-hydroxylation sites is 1. The number of phenolic OH excluding ortho intramolecular Hbond substituents is 2. The molecule has 0 amide bonds. The zero-order valence-electron chi connectivity index (χ0n) is 7.60. The van der Waals surface area contributed by atoms with Crippen LogP contribution in [0.4, 0.5) is 0 Å². The number of ether oxygens (including phenoxy) is 1. The summed E-state index contributed by atoms with van der Waals surface area (Å²) < 4.78 is 4.73. The molecule has 0 atom stereocenters. The van der Waals surface area contributed by atoms with Crippen LogP contribution in [-0.2, 0) is 4.79 Å². The number of benzene rings is 1. The first-order chi connectivity index (χ1) is 6.65. The first-order valence-electron chi connectivity index (χ1n) is 4.00. The molecule has 0 aliphatic heterocycles. The van der Waals surface area contributed by atoms with Crippen molar-refractivity contribution >= 4 is 5.97 Å². The molecule has 1 rings (SSSR count). The van der Waals surface area contributed by atoms with Crippen molar-refractivity contribution < 1.29 is 19.7 Å². The molecule has 4 nitrogen and oxygen atoms in total. The Morgan fingerprint density at radius 3 is 2.79 bits per heavy atom. The van der Waals surface area contributed by atoms with Crippen molar-refractivity contribution in [1.82, 2.24) is 0 Å². The molecule has 1 aromatic rings. The van der Waals surface area contributed by atoms with Crippen LogP contribution in [0.25, 0.3) is 0 Å². The standard InChI is InChI=1S/C10H10O4/c1-2-4-9(12)14-8-6-3-5-7(11)10(8)13/h2-6,11,13H,1H3. The van der Waals surface area contributed by atoms with Gasteiger partial charge in [0, 0.05) is 6.08 Å². The molecule has 0 spiro atoms. The van der Waals surface area contributed by atoms with E-state index >= 15 is 0 Å². The van der Waals surface area contributed by atoms with Gasteiger partial charge in [-0.2, -0.15) is 0 Å². The Morgan fingerprint density at radius 1 is 1.43 bits per heavy atom. The molecule has 0 saturated carbocycles. The van der Waals surface area contributed by atoms with E-state index in [1.807, 2.05) is 0 Å². The monoisotopic (exact) mass is 194 g/mol. The molecule has 0 radical (unpaired) electrons. The Morgan fingerprint density at radius 2 is 2.14 bits per heavy atom. The molecule has 0 saturated heterocycles. The number of esters is 1. The van der Waals surface area contributed by atoms with Gasteiger partial charge in [0.15, 0.2) is 11.5 Å². The van der Waals surface area contributed by atoms with Crippen molar-refractivity contribution in [3.63, 3.8) is 0 Å². The van der Waals surface area contributed by atoms with Crippen molar-refractivity contribution in [2.24, 2.45) is 0 Å². The lowest BCUT2D eigenvalue weighted by Crippen LogP contribution is -2.03. The van der Waals surface area contributed by atoms with Crippen LogP contribution in [-0.4, -0.2) is 16.2 Å². The van der Waals surface area contributed by atoms with Gasteiger partial charge in [-0.05, 0) is 19.1 Å². The first-order valence-corrected chi connectivity index (χ1v) is 4.00. The number of aromatic hydroxyl groups is 2. The van der Waals surface area contributed by atoms with Crippen molar-refractivity contribution in [1.29, 1.82) is 0 Å². The molecule has 0 fully saturated rings. The summed E-state index contributed by atoms with van der Waals surface area (Å²) in [6.45, 7) is 1.67. The van der Waals surface area contributed by atoms with Crippen LogP contribution in [0.3, 0.4) is 0 Å². The predicted octanol–water partition coefficient (Wildman–Crippen LogP) is 1.58. The van der Waals surface area contributed by atoms with Crippen LogP contribution in [0.2, 0.25) is 0 Å². The van der Waals surface area contributed by atoms with Gasteiger partial charge in [-0.15, -0.1) is 0 Å². The summed E-state index contributed by atoms with van der Waals surface area (Å²) in [7, 11) is 0. The van der Waals surface area contributed by atoms with Gasteiger partial charge in [0.05, 0.1) is 0 Å². The number of hydrogen-bond acceptors (Lipinski definition) is 4. The second-order valence-electron chi connectivity index (χ2n) is 2.54.